The molecule has 0 unspecified atom stereocenters. The first-order valence-electron chi connectivity index (χ1n) is 5.00. The van der Waals surface area contributed by atoms with E-state index in [9.17, 15) is 0 Å². The lowest BCUT2D eigenvalue weighted by molar-refractivity contribution is 0.969. The number of aromatic nitrogens is 1. The second-order valence-electron chi connectivity index (χ2n) is 2.85. The summed E-state index contributed by atoms with van der Waals surface area (Å²) in [6, 6.07) is 5.86. The Morgan fingerprint density at radius 2 is 1.92 bits per heavy atom. The van der Waals surface area contributed by atoms with Gasteiger partial charge in [-0.1, -0.05) is 33.3 Å². The maximum absolute atomic E-state index is 4.11. The van der Waals surface area contributed by atoms with E-state index in [0.29, 0.717) is 0 Å². The van der Waals surface area contributed by atoms with Crippen LogP contribution in [-0.2, 0) is 0 Å². The van der Waals surface area contributed by atoms with Crippen molar-refractivity contribution in [3.63, 3.8) is 0 Å². The molecule has 1 heterocycles. The van der Waals surface area contributed by atoms with Gasteiger partial charge in [-0.05, 0) is 18.6 Å². The van der Waals surface area contributed by atoms with Gasteiger partial charge < -0.3 is 5.32 Å². The molecular weight excluding hydrogens is 160 g/mol. The molecule has 0 aliphatic rings. The van der Waals surface area contributed by atoms with Crippen LogP contribution in [0.15, 0.2) is 24.4 Å². The van der Waals surface area contributed by atoms with Crippen LogP contribution < -0.4 is 5.32 Å². The molecule has 0 spiro atoms. The van der Waals surface area contributed by atoms with Crippen LogP contribution in [-0.4, -0.2) is 11.5 Å². The van der Waals surface area contributed by atoms with Crippen molar-refractivity contribution in [2.45, 2.75) is 33.6 Å². The summed E-state index contributed by atoms with van der Waals surface area (Å²) in [4.78, 5) is 4.11. The Morgan fingerprint density at radius 3 is 2.38 bits per heavy atom. The van der Waals surface area contributed by atoms with Crippen molar-refractivity contribution in [3.8, 4) is 0 Å². The van der Waals surface area contributed by atoms with E-state index in [0.717, 1.165) is 18.8 Å². The van der Waals surface area contributed by atoms with Crippen LogP contribution in [0, 0.1) is 0 Å². The SMILES string of the molecule is CCC.CCCNc1ccccn1. The van der Waals surface area contributed by atoms with Crippen LogP contribution >= 0.6 is 0 Å². The van der Waals surface area contributed by atoms with Gasteiger partial charge in [-0.15, -0.1) is 0 Å². The number of rotatable bonds is 3. The van der Waals surface area contributed by atoms with Crippen LogP contribution in [0.25, 0.3) is 0 Å². The van der Waals surface area contributed by atoms with Crippen LogP contribution in [0.2, 0.25) is 0 Å². The van der Waals surface area contributed by atoms with E-state index in [1.807, 2.05) is 18.2 Å². The summed E-state index contributed by atoms with van der Waals surface area (Å²) in [5, 5.41) is 3.18. The number of nitrogens with one attached hydrogen (secondary N) is 1. The van der Waals surface area contributed by atoms with Crippen molar-refractivity contribution in [2.24, 2.45) is 0 Å². The van der Waals surface area contributed by atoms with E-state index in [1.165, 1.54) is 6.42 Å². The number of pyridine rings is 1. The molecule has 74 valence electrons. The molecule has 0 aliphatic heterocycles. The molecule has 2 heteroatoms. The Bertz CT molecular complexity index is 185. The van der Waals surface area contributed by atoms with Gasteiger partial charge in [-0.25, -0.2) is 4.98 Å². The predicted molar refractivity (Wildman–Crippen MR) is 59.0 cm³/mol. The highest BCUT2D eigenvalue weighted by Gasteiger charge is 1.85. The summed E-state index contributed by atoms with van der Waals surface area (Å²) in [5.74, 6) is 0.962. The fourth-order valence-electron chi connectivity index (χ4n) is 0.720. The number of anilines is 1. The molecule has 2 nitrogen and oxygen atoms in total. The minimum atomic E-state index is 0.962. The molecule has 1 rings (SSSR count). The summed E-state index contributed by atoms with van der Waals surface area (Å²) in [5.41, 5.74) is 0. The van der Waals surface area contributed by atoms with Crippen LogP contribution in [0.5, 0.6) is 0 Å². The van der Waals surface area contributed by atoms with Gasteiger partial charge in [-0.2, -0.15) is 0 Å². The third-order valence-electron chi connectivity index (χ3n) is 1.22. The second kappa shape index (κ2) is 9.04. The van der Waals surface area contributed by atoms with Gasteiger partial charge in [0.25, 0.3) is 0 Å². The van der Waals surface area contributed by atoms with Gasteiger partial charge in [0, 0.05) is 12.7 Å². The van der Waals surface area contributed by atoms with Crippen molar-refractivity contribution in [1.82, 2.24) is 4.98 Å². The fraction of sp³-hybridized carbons (Fsp3) is 0.545. The molecule has 1 N–H and O–H groups in total. The molecule has 13 heavy (non-hydrogen) atoms. The minimum Gasteiger partial charge on any atom is -0.370 e. The van der Waals surface area contributed by atoms with E-state index < -0.39 is 0 Å². The van der Waals surface area contributed by atoms with Crippen molar-refractivity contribution in [2.75, 3.05) is 11.9 Å². The quantitative estimate of drug-likeness (QED) is 0.771. The topological polar surface area (TPSA) is 24.9 Å². The molecule has 0 fully saturated rings. The lowest BCUT2D eigenvalue weighted by Crippen LogP contribution is -2.00. The highest BCUT2D eigenvalue weighted by molar-refractivity contribution is 5.32. The zero-order valence-corrected chi connectivity index (χ0v) is 8.88. The van der Waals surface area contributed by atoms with Crippen molar-refractivity contribution in [3.05, 3.63) is 24.4 Å². The molecule has 0 saturated carbocycles. The van der Waals surface area contributed by atoms with E-state index >= 15 is 0 Å². The standard InChI is InChI=1S/C8H12N2.C3H8/c1-2-6-9-8-5-3-4-7-10-8;1-3-2/h3-5,7H,2,6H2,1H3,(H,9,10);3H2,1-2H3. The molecule has 0 aromatic carbocycles. The van der Waals surface area contributed by atoms with Gasteiger partial charge >= 0.3 is 0 Å². The Kier molecular flexibility index (Phi) is 8.31. The number of hydrogen-bond donors (Lipinski definition) is 1. The van der Waals surface area contributed by atoms with Gasteiger partial charge in [0.05, 0.1) is 0 Å². The summed E-state index contributed by atoms with van der Waals surface area (Å²) in [6.07, 6.45) is 4.18. The van der Waals surface area contributed by atoms with Gasteiger partial charge in [0.2, 0.25) is 0 Å². The summed E-state index contributed by atoms with van der Waals surface area (Å²) >= 11 is 0. The summed E-state index contributed by atoms with van der Waals surface area (Å²) < 4.78 is 0. The first-order valence-corrected chi connectivity index (χ1v) is 5.00. The van der Waals surface area contributed by atoms with E-state index in [4.69, 9.17) is 0 Å². The van der Waals surface area contributed by atoms with E-state index in [1.54, 1.807) is 6.20 Å². The molecular formula is C11H20N2. The summed E-state index contributed by atoms with van der Waals surface area (Å²) in [7, 11) is 0. The van der Waals surface area contributed by atoms with E-state index in [2.05, 4.69) is 31.1 Å². The maximum atomic E-state index is 4.11. The van der Waals surface area contributed by atoms with Crippen LogP contribution in [0.3, 0.4) is 0 Å². The normalized spacial score (nSPS) is 8.54. The van der Waals surface area contributed by atoms with Gasteiger partial charge in [-0.3, -0.25) is 0 Å². The third-order valence-corrected chi connectivity index (χ3v) is 1.22. The van der Waals surface area contributed by atoms with Crippen LogP contribution in [0.1, 0.15) is 33.6 Å². The van der Waals surface area contributed by atoms with Crippen molar-refractivity contribution < 1.29 is 0 Å². The summed E-state index contributed by atoms with van der Waals surface area (Å²) in [6.45, 7) is 7.38. The van der Waals surface area contributed by atoms with Crippen LogP contribution in [0.4, 0.5) is 5.82 Å². The fourth-order valence-corrected chi connectivity index (χ4v) is 0.720. The lowest BCUT2D eigenvalue weighted by atomic mass is 10.4. The molecule has 0 atom stereocenters. The third kappa shape index (κ3) is 7.32. The Morgan fingerprint density at radius 1 is 1.23 bits per heavy atom. The molecule has 1 aromatic rings. The Balaban J connectivity index is 0.000000424. The predicted octanol–water partition coefficient (Wildman–Crippen LogP) is 3.32. The highest BCUT2D eigenvalue weighted by atomic mass is 15.0. The average Bonchev–Trinajstić information content (AvgIpc) is 2.18. The lowest BCUT2D eigenvalue weighted by Gasteiger charge is -2.00. The highest BCUT2D eigenvalue weighted by Crippen LogP contribution is 1.98. The Hall–Kier alpha value is -1.05. The minimum absolute atomic E-state index is 0.962. The maximum Gasteiger partial charge on any atom is 0.125 e. The molecule has 0 radical (unpaired) electrons. The number of hydrogen-bond acceptors (Lipinski definition) is 2. The first kappa shape index (κ1) is 11.9. The largest absolute Gasteiger partial charge is 0.370 e. The van der Waals surface area contributed by atoms with Crippen molar-refractivity contribution >= 4 is 5.82 Å². The van der Waals surface area contributed by atoms with E-state index in [-0.39, 0.29) is 0 Å². The van der Waals surface area contributed by atoms with Gasteiger partial charge in [0.15, 0.2) is 0 Å². The molecule has 1 aromatic heterocycles. The zero-order chi connectivity index (χ0) is 9.94. The first-order chi connectivity index (χ1) is 6.35. The van der Waals surface area contributed by atoms with Gasteiger partial charge in [0.1, 0.15) is 5.82 Å². The number of nitrogens with zero attached hydrogens (tertiary/aromatic N) is 1. The average molecular weight is 180 g/mol. The molecule has 0 aliphatic carbocycles. The van der Waals surface area contributed by atoms with Crippen molar-refractivity contribution in [1.29, 1.82) is 0 Å². The smallest absolute Gasteiger partial charge is 0.125 e. The monoisotopic (exact) mass is 180 g/mol. The second-order valence-corrected chi connectivity index (χ2v) is 2.85. The molecule has 0 saturated heterocycles. The zero-order valence-electron chi connectivity index (χ0n) is 8.88. The molecule has 0 amide bonds. The molecule has 0 bridgehead atoms. The Labute approximate surface area is 81.4 Å².